The summed E-state index contributed by atoms with van der Waals surface area (Å²) in [6, 6.07) is 0. The third kappa shape index (κ3) is 8.10. The maximum atomic E-state index is 13.0. The molecular weight excluding hydrogens is 530 g/mol. The molecule has 0 bridgehead atoms. The molecule has 5 nitrogen and oxygen atoms in total. The average Bonchev–Trinajstić information content (AvgIpc) is 3.27. The van der Waals surface area contributed by atoms with E-state index >= 15 is 0 Å². The van der Waals surface area contributed by atoms with E-state index < -0.39 is 0 Å². The summed E-state index contributed by atoms with van der Waals surface area (Å²) in [4.78, 5) is 25.1. The maximum Gasteiger partial charge on any atom is 0.183 e. The van der Waals surface area contributed by atoms with Gasteiger partial charge in [0.05, 0.1) is 24.6 Å². The average molecular weight is 580 g/mol. The number of aliphatic imine (C=N–C) groups is 2. The fourth-order valence-electron chi connectivity index (χ4n) is 6.20. The Morgan fingerprint density at radius 3 is 2.67 bits per heavy atom. The van der Waals surface area contributed by atoms with Crippen LogP contribution in [0.3, 0.4) is 0 Å². The lowest BCUT2D eigenvalue weighted by Gasteiger charge is -2.30. The summed E-state index contributed by atoms with van der Waals surface area (Å²) < 4.78 is 5.41. The lowest BCUT2D eigenvalue weighted by Crippen LogP contribution is -2.30. The molecule has 43 heavy (non-hydrogen) atoms. The molecule has 4 aliphatic rings. The summed E-state index contributed by atoms with van der Waals surface area (Å²) in [6.45, 7) is 22.9. The molecule has 2 unspecified atom stereocenters. The molecule has 0 saturated carbocycles. The number of carbonyl (C=O) groups is 1. The van der Waals surface area contributed by atoms with Crippen molar-refractivity contribution in [3.63, 3.8) is 0 Å². The van der Waals surface area contributed by atoms with Crippen molar-refractivity contribution >= 4 is 17.2 Å². The van der Waals surface area contributed by atoms with Crippen LogP contribution in [0.4, 0.5) is 0 Å². The molecule has 1 aliphatic carbocycles. The zero-order valence-electron chi connectivity index (χ0n) is 27.1. The molecule has 0 N–H and O–H groups in total. The predicted molar refractivity (Wildman–Crippen MR) is 180 cm³/mol. The predicted octanol–water partition coefficient (Wildman–Crippen LogP) is 8.08. The lowest BCUT2D eigenvalue weighted by molar-refractivity contribution is -0.111. The number of rotatable bonds is 8. The topological polar surface area (TPSA) is 54.3 Å². The number of hydrogen-bond acceptors (Lipinski definition) is 5. The quantitative estimate of drug-likeness (QED) is 0.0960. The Morgan fingerprint density at radius 2 is 2.02 bits per heavy atom. The van der Waals surface area contributed by atoms with Crippen LogP contribution in [0.5, 0.6) is 0 Å². The second-order valence-corrected chi connectivity index (χ2v) is 12.3. The summed E-state index contributed by atoms with van der Waals surface area (Å²) >= 11 is 0. The van der Waals surface area contributed by atoms with Gasteiger partial charge in [-0.05, 0) is 98.5 Å². The minimum atomic E-state index is -0.103. The van der Waals surface area contributed by atoms with E-state index in [1.165, 1.54) is 17.6 Å². The zero-order valence-corrected chi connectivity index (χ0v) is 27.1. The van der Waals surface area contributed by atoms with Gasteiger partial charge in [0.1, 0.15) is 0 Å². The van der Waals surface area contributed by atoms with Gasteiger partial charge in [-0.15, -0.1) is 5.73 Å². The highest BCUT2D eigenvalue weighted by Gasteiger charge is 2.27. The van der Waals surface area contributed by atoms with E-state index in [1.807, 2.05) is 6.08 Å². The number of allylic oxidation sites excluding steroid dienone is 10. The summed E-state index contributed by atoms with van der Waals surface area (Å²) in [7, 11) is 1.76. The molecule has 0 aromatic rings. The van der Waals surface area contributed by atoms with Crippen LogP contribution in [0.25, 0.3) is 0 Å². The van der Waals surface area contributed by atoms with E-state index in [0.29, 0.717) is 35.2 Å². The fraction of sp³-hybridized carbons (Fsp3) is 0.474. The van der Waals surface area contributed by atoms with Gasteiger partial charge in [0, 0.05) is 55.9 Å². The highest BCUT2D eigenvalue weighted by molar-refractivity contribution is 6.19. The smallest absolute Gasteiger partial charge is 0.183 e. The Morgan fingerprint density at radius 1 is 1.26 bits per heavy atom. The van der Waals surface area contributed by atoms with Gasteiger partial charge < -0.3 is 9.64 Å². The first kappa shape index (κ1) is 32.4. The minimum Gasteiger partial charge on any atom is -0.381 e. The van der Waals surface area contributed by atoms with Crippen LogP contribution in [0.2, 0.25) is 0 Å². The van der Waals surface area contributed by atoms with Crippen molar-refractivity contribution in [1.82, 2.24) is 4.90 Å². The first-order valence-corrected chi connectivity index (χ1v) is 15.8. The van der Waals surface area contributed by atoms with Crippen molar-refractivity contribution in [1.29, 1.82) is 0 Å². The Hall–Kier alpha value is -3.53. The molecule has 0 aromatic carbocycles. The SMILES string of the molecule is C=C1CC(/C=C\C(=C/C)N2CCC(=C)C(CC3COC3)CC2)=NC(C(/C=C2/C(CC)=C=C(C)C(C)=CC2C)=N/C)=CC1=O. The molecule has 3 heterocycles. The molecule has 2 saturated heterocycles. The van der Waals surface area contributed by atoms with E-state index in [2.05, 4.69) is 87.7 Å². The monoisotopic (exact) mass is 579 g/mol. The second-order valence-electron chi connectivity index (χ2n) is 12.3. The number of likely N-dealkylation sites (tertiary alicyclic amines) is 1. The highest BCUT2D eigenvalue weighted by Crippen LogP contribution is 2.32. The van der Waals surface area contributed by atoms with E-state index in [9.17, 15) is 4.79 Å². The fourth-order valence-corrected chi connectivity index (χ4v) is 6.20. The molecule has 4 rings (SSSR count). The Balaban J connectivity index is 1.58. The summed E-state index contributed by atoms with van der Waals surface area (Å²) in [6.07, 6.45) is 16.9. The molecule has 2 atom stereocenters. The standard InChI is InChI=1S/C38H49N3O2/c1-9-31-18-27(5)26(4)17-28(6)35(31)21-36(39-8)37-22-38(42)29(7)19-33(40-37)11-12-34(10-2)41-15-13-25(3)32(14-16-41)20-30-23-43-24-30/h10-12,17,21-22,28,30,32H,3,7,9,13-16,19-20,23-24H2,1-2,4-6,8H3/b12-11-,34-10+,35-21+,39-36+. The minimum absolute atomic E-state index is 0.103. The lowest BCUT2D eigenvalue weighted by atomic mass is 9.85. The van der Waals surface area contributed by atoms with Gasteiger partial charge in [-0.2, -0.15) is 0 Å². The molecule has 2 fully saturated rings. The number of carbonyl (C=O) groups excluding carboxylic acids is 1. The first-order chi connectivity index (χ1) is 20.6. The van der Waals surface area contributed by atoms with E-state index in [1.54, 1.807) is 13.1 Å². The van der Waals surface area contributed by atoms with Crippen molar-refractivity contribution in [2.75, 3.05) is 33.4 Å². The Kier molecular flexibility index (Phi) is 11.1. The molecule has 0 aromatic heterocycles. The van der Waals surface area contributed by atoms with E-state index in [4.69, 9.17) is 9.73 Å². The highest BCUT2D eigenvalue weighted by atomic mass is 16.5. The van der Waals surface area contributed by atoms with Gasteiger partial charge in [0.2, 0.25) is 0 Å². The van der Waals surface area contributed by atoms with Crippen LogP contribution >= 0.6 is 0 Å². The van der Waals surface area contributed by atoms with E-state index in [-0.39, 0.29) is 11.7 Å². The van der Waals surface area contributed by atoms with Gasteiger partial charge in [0.15, 0.2) is 5.78 Å². The van der Waals surface area contributed by atoms with Crippen LogP contribution in [-0.4, -0.2) is 55.5 Å². The Bertz CT molecular complexity index is 1430. The third-order valence-corrected chi connectivity index (χ3v) is 9.15. The maximum absolute atomic E-state index is 13.0. The molecule has 0 spiro atoms. The summed E-state index contributed by atoms with van der Waals surface area (Å²) in [5, 5.41) is 0. The summed E-state index contributed by atoms with van der Waals surface area (Å²) in [5.74, 6) is 1.34. The largest absolute Gasteiger partial charge is 0.381 e. The number of hydrogen-bond donors (Lipinski definition) is 0. The van der Waals surface area contributed by atoms with Gasteiger partial charge in [-0.25, -0.2) is 0 Å². The molecule has 5 heteroatoms. The molecule has 3 aliphatic heterocycles. The normalized spacial score (nSPS) is 25.9. The summed E-state index contributed by atoms with van der Waals surface area (Å²) in [5.41, 5.74) is 13.4. The van der Waals surface area contributed by atoms with Crippen LogP contribution in [-0.2, 0) is 9.53 Å². The molecule has 0 radical (unpaired) electrons. The van der Waals surface area contributed by atoms with E-state index in [0.717, 1.165) is 73.7 Å². The number of nitrogens with zero attached hydrogens (tertiary/aromatic N) is 3. The Labute approximate surface area is 259 Å². The van der Waals surface area contributed by atoms with Crippen LogP contribution in [0, 0.1) is 17.8 Å². The van der Waals surface area contributed by atoms with Gasteiger partial charge in [-0.3, -0.25) is 14.8 Å². The van der Waals surface area contributed by atoms with Crippen molar-refractivity contribution < 1.29 is 9.53 Å². The molecular formula is C38H49N3O2. The van der Waals surface area contributed by atoms with Crippen LogP contribution in [0.15, 0.2) is 110 Å². The van der Waals surface area contributed by atoms with Crippen molar-refractivity contribution in [2.45, 2.75) is 66.7 Å². The third-order valence-electron chi connectivity index (χ3n) is 9.15. The van der Waals surface area contributed by atoms with Crippen molar-refractivity contribution in [2.24, 2.45) is 27.7 Å². The molecule has 228 valence electrons. The molecule has 0 amide bonds. The number of ketones is 1. The second kappa shape index (κ2) is 14.8. The van der Waals surface area contributed by atoms with Gasteiger partial charge >= 0.3 is 0 Å². The van der Waals surface area contributed by atoms with Crippen molar-refractivity contribution in [3.8, 4) is 0 Å². The van der Waals surface area contributed by atoms with Crippen molar-refractivity contribution in [3.05, 3.63) is 100 Å². The number of ether oxygens (including phenoxy) is 1. The van der Waals surface area contributed by atoms with Crippen LogP contribution < -0.4 is 0 Å². The van der Waals surface area contributed by atoms with Gasteiger partial charge in [0.25, 0.3) is 0 Å². The first-order valence-electron chi connectivity index (χ1n) is 15.8. The van der Waals surface area contributed by atoms with Crippen LogP contribution in [0.1, 0.15) is 66.7 Å². The zero-order chi connectivity index (χ0) is 31.1. The van der Waals surface area contributed by atoms with Gasteiger partial charge in [-0.1, -0.05) is 44.7 Å².